The zero-order valence-electron chi connectivity index (χ0n) is 16.1. The molecule has 0 saturated carbocycles. The summed E-state index contributed by atoms with van der Waals surface area (Å²) < 4.78 is 16.6. The molecule has 0 aliphatic carbocycles. The highest BCUT2D eigenvalue weighted by Crippen LogP contribution is 2.28. The number of hydrogen-bond acceptors (Lipinski definition) is 5. The Balaban J connectivity index is 2.03. The number of nitrogens with zero attached hydrogens (tertiary/aromatic N) is 1. The third-order valence-corrected chi connectivity index (χ3v) is 3.53. The van der Waals surface area contributed by atoms with Gasteiger partial charge in [0.05, 0.1) is 19.4 Å². The van der Waals surface area contributed by atoms with Crippen LogP contribution in [0.1, 0.15) is 36.2 Å². The van der Waals surface area contributed by atoms with Crippen LogP contribution in [-0.2, 0) is 0 Å². The van der Waals surface area contributed by atoms with E-state index in [1.165, 1.54) is 6.21 Å². The summed E-state index contributed by atoms with van der Waals surface area (Å²) in [6.07, 6.45) is 7.60. The van der Waals surface area contributed by atoms with Crippen LogP contribution in [0.2, 0.25) is 0 Å². The molecule has 0 unspecified atom stereocenters. The number of nitrogens with one attached hydrogen (secondary N) is 1. The molecule has 146 valence electrons. The Morgan fingerprint density at radius 3 is 2.75 bits per heavy atom. The van der Waals surface area contributed by atoms with Crippen molar-refractivity contribution >= 4 is 12.1 Å². The van der Waals surface area contributed by atoms with Crippen LogP contribution >= 0.6 is 0 Å². The number of benzene rings is 2. The van der Waals surface area contributed by atoms with E-state index in [1.54, 1.807) is 30.3 Å². The molecular weight excluding hydrogens is 356 g/mol. The summed E-state index contributed by atoms with van der Waals surface area (Å²) in [5.74, 6) is 3.85. The standard InChI is InChI=1S/C22H24N2O4/c1-4-12-27-19-9-7-8-17(14-19)16-23-24-22(25)18-10-11-20(28-13-5-2)21(15-18)26-6-3/h1,7-11,14-16H,5-6,12-13H2,2-3H3,(H,24,25)/b23-16+. The maximum absolute atomic E-state index is 12.4. The molecule has 2 aromatic rings. The molecule has 0 fully saturated rings. The Morgan fingerprint density at radius 1 is 1.14 bits per heavy atom. The van der Waals surface area contributed by atoms with E-state index in [0.717, 1.165) is 12.0 Å². The van der Waals surface area contributed by atoms with E-state index in [2.05, 4.69) is 16.4 Å². The number of carbonyl (C=O) groups is 1. The van der Waals surface area contributed by atoms with Crippen molar-refractivity contribution in [3.8, 4) is 29.6 Å². The minimum Gasteiger partial charge on any atom is -0.490 e. The molecule has 0 aliphatic rings. The third kappa shape index (κ3) is 6.36. The van der Waals surface area contributed by atoms with Gasteiger partial charge in [0.15, 0.2) is 11.5 Å². The predicted molar refractivity (Wildman–Crippen MR) is 109 cm³/mol. The molecule has 1 N–H and O–H groups in total. The topological polar surface area (TPSA) is 69.2 Å². The smallest absolute Gasteiger partial charge is 0.271 e. The molecule has 0 aromatic heterocycles. The van der Waals surface area contributed by atoms with Gasteiger partial charge >= 0.3 is 0 Å². The first-order valence-corrected chi connectivity index (χ1v) is 9.07. The van der Waals surface area contributed by atoms with Crippen LogP contribution in [0.15, 0.2) is 47.6 Å². The summed E-state index contributed by atoms with van der Waals surface area (Å²) in [5.41, 5.74) is 3.70. The van der Waals surface area contributed by atoms with Crippen molar-refractivity contribution in [3.05, 3.63) is 53.6 Å². The highest BCUT2D eigenvalue weighted by atomic mass is 16.5. The van der Waals surface area contributed by atoms with Crippen LogP contribution in [0, 0.1) is 12.3 Å². The molecule has 6 heteroatoms. The second kappa shape index (κ2) is 11.3. The van der Waals surface area contributed by atoms with Crippen molar-refractivity contribution in [2.45, 2.75) is 20.3 Å². The summed E-state index contributed by atoms with van der Waals surface area (Å²) in [7, 11) is 0. The molecule has 0 saturated heterocycles. The Bertz CT molecular complexity index is 856. The van der Waals surface area contributed by atoms with Crippen molar-refractivity contribution in [1.82, 2.24) is 5.43 Å². The molecule has 0 aliphatic heterocycles. The minimum atomic E-state index is -0.348. The molecule has 2 aromatic carbocycles. The Morgan fingerprint density at radius 2 is 2.00 bits per heavy atom. The summed E-state index contributed by atoms with van der Waals surface area (Å²) in [6, 6.07) is 12.3. The number of hydrogen-bond donors (Lipinski definition) is 1. The first kappa shape index (κ1) is 20.8. The molecule has 28 heavy (non-hydrogen) atoms. The van der Waals surface area contributed by atoms with Gasteiger partial charge in [-0.3, -0.25) is 4.79 Å². The summed E-state index contributed by atoms with van der Waals surface area (Å²) >= 11 is 0. The molecule has 0 radical (unpaired) electrons. The first-order valence-electron chi connectivity index (χ1n) is 9.07. The molecule has 0 bridgehead atoms. The van der Waals surface area contributed by atoms with Gasteiger partial charge in [0, 0.05) is 5.56 Å². The number of ether oxygens (including phenoxy) is 3. The fraction of sp³-hybridized carbons (Fsp3) is 0.273. The van der Waals surface area contributed by atoms with Crippen LogP contribution in [0.5, 0.6) is 17.2 Å². The maximum Gasteiger partial charge on any atom is 0.271 e. The van der Waals surface area contributed by atoms with E-state index in [4.69, 9.17) is 20.6 Å². The monoisotopic (exact) mass is 380 g/mol. The van der Waals surface area contributed by atoms with Gasteiger partial charge in [-0.25, -0.2) is 5.43 Å². The van der Waals surface area contributed by atoms with Gasteiger partial charge in [0.2, 0.25) is 0 Å². The van der Waals surface area contributed by atoms with Crippen molar-refractivity contribution in [1.29, 1.82) is 0 Å². The van der Waals surface area contributed by atoms with Crippen molar-refractivity contribution < 1.29 is 19.0 Å². The van der Waals surface area contributed by atoms with Gasteiger partial charge < -0.3 is 14.2 Å². The van der Waals surface area contributed by atoms with Gasteiger partial charge in [-0.2, -0.15) is 5.10 Å². The average molecular weight is 380 g/mol. The SMILES string of the molecule is C#CCOc1cccc(/C=N/NC(=O)c2ccc(OCCC)c(OCC)c2)c1. The van der Waals surface area contributed by atoms with Gasteiger partial charge in [0.1, 0.15) is 12.4 Å². The largest absolute Gasteiger partial charge is 0.490 e. The predicted octanol–water partition coefficient (Wildman–Crippen LogP) is 3.65. The molecule has 0 spiro atoms. The van der Waals surface area contributed by atoms with Crippen LogP contribution in [0.3, 0.4) is 0 Å². The highest BCUT2D eigenvalue weighted by Gasteiger charge is 2.11. The molecule has 2 rings (SSSR count). The van der Waals surface area contributed by atoms with Gasteiger partial charge in [-0.05, 0) is 49.2 Å². The molecule has 0 heterocycles. The Kier molecular flexibility index (Phi) is 8.41. The summed E-state index contributed by atoms with van der Waals surface area (Å²) in [5, 5.41) is 3.99. The molecular formula is C22H24N2O4. The Labute approximate surface area is 165 Å². The fourth-order valence-corrected chi connectivity index (χ4v) is 2.29. The van der Waals surface area contributed by atoms with E-state index in [0.29, 0.717) is 36.0 Å². The quantitative estimate of drug-likeness (QED) is 0.388. The zero-order valence-corrected chi connectivity index (χ0v) is 16.1. The van der Waals surface area contributed by atoms with Crippen LogP contribution in [0.25, 0.3) is 0 Å². The Hall–Kier alpha value is -3.46. The van der Waals surface area contributed by atoms with E-state index in [1.807, 2.05) is 26.0 Å². The van der Waals surface area contributed by atoms with E-state index < -0.39 is 0 Å². The van der Waals surface area contributed by atoms with Gasteiger partial charge in [0.25, 0.3) is 5.91 Å². The molecule has 0 atom stereocenters. The molecule has 6 nitrogen and oxygen atoms in total. The maximum atomic E-state index is 12.4. The van der Waals surface area contributed by atoms with Gasteiger partial charge in [-0.15, -0.1) is 6.42 Å². The lowest BCUT2D eigenvalue weighted by Crippen LogP contribution is -2.17. The second-order valence-corrected chi connectivity index (χ2v) is 5.71. The van der Waals surface area contributed by atoms with Crippen LogP contribution in [-0.4, -0.2) is 31.9 Å². The highest BCUT2D eigenvalue weighted by molar-refractivity contribution is 5.95. The van der Waals surface area contributed by atoms with Gasteiger partial charge in [-0.1, -0.05) is 25.0 Å². The first-order chi connectivity index (χ1) is 13.7. The fourth-order valence-electron chi connectivity index (χ4n) is 2.29. The van der Waals surface area contributed by atoms with Crippen molar-refractivity contribution in [3.63, 3.8) is 0 Å². The third-order valence-electron chi connectivity index (χ3n) is 3.53. The van der Waals surface area contributed by atoms with Crippen LogP contribution in [0.4, 0.5) is 0 Å². The summed E-state index contributed by atoms with van der Waals surface area (Å²) in [6.45, 7) is 5.15. The van der Waals surface area contributed by atoms with Crippen LogP contribution < -0.4 is 19.6 Å². The number of amides is 1. The zero-order chi connectivity index (χ0) is 20.2. The summed E-state index contributed by atoms with van der Waals surface area (Å²) in [4.78, 5) is 12.4. The number of hydrazone groups is 1. The lowest BCUT2D eigenvalue weighted by molar-refractivity contribution is 0.0954. The normalized spacial score (nSPS) is 10.3. The number of terminal acetylenes is 1. The van der Waals surface area contributed by atoms with Crippen molar-refractivity contribution in [2.75, 3.05) is 19.8 Å². The van der Waals surface area contributed by atoms with Crippen molar-refractivity contribution in [2.24, 2.45) is 5.10 Å². The van der Waals surface area contributed by atoms with E-state index in [9.17, 15) is 4.79 Å². The minimum absolute atomic E-state index is 0.192. The number of rotatable bonds is 10. The average Bonchev–Trinajstić information content (AvgIpc) is 2.71. The lowest BCUT2D eigenvalue weighted by atomic mass is 10.2. The lowest BCUT2D eigenvalue weighted by Gasteiger charge is -2.12. The molecule has 1 amide bonds. The van der Waals surface area contributed by atoms with E-state index >= 15 is 0 Å². The second-order valence-electron chi connectivity index (χ2n) is 5.71. The van der Waals surface area contributed by atoms with E-state index in [-0.39, 0.29) is 12.5 Å². The number of carbonyl (C=O) groups excluding carboxylic acids is 1.